The van der Waals surface area contributed by atoms with E-state index in [2.05, 4.69) is 6.92 Å². The highest BCUT2D eigenvalue weighted by atomic mass is 16.5. The van der Waals surface area contributed by atoms with Crippen LogP contribution in [0.5, 0.6) is 0 Å². The Morgan fingerprint density at radius 3 is 2.68 bits per heavy atom. The van der Waals surface area contributed by atoms with Crippen molar-refractivity contribution in [2.45, 2.75) is 83.2 Å². The van der Waals surface area contributed by atoms with Crippen LogP contribution in [0.25, 0.3) is 0 Å². The third kappa shape index (κ3) is 4.83. The Hall–Kier alpha value is -0.500. The van der Waals surface area contributed by atoms with Crippen molar-refractivity contribution in [1.82, 2.24) is 0 Å². The molecule has 0 bridgehead atoms. The molecule has 2 aliphatic rings. The van der Waals surface area contributed by atoms with Gasteiger partial charge in [-0.3, -0.25) is 0 Å². The van der Waals surface area contributed by atoms with Crippen LogP contribution in [-0.2, 0) is 9.47 Å². The second kappa shape index (κ2) is 7.94. The maximum atomic E-state index is 6.04. The van der Waals surface area contributed by atoms with Crippen LogP contribution in [0, 0.1) is 0 Å². The van der Waals surface area contributed by atoms with Crippen LogP contribution in [0.4, 0.5) is 0 Å². The summed E-state index contributed by atoms with van der Waals surface area (Å²) >= 11 is 0. The quantitative estimate of drug-likeness (QED) is 0.498. The van der Waals surface area contributed by atoms with E-state index >= 15 is 0 Å². The van der Waals surface area contributed by atoms with Crippen molar-refractivity contribution in [3.8, 4) is 0 Å². The Morgan fingerprint density at radius 2 is 2.00 bits per heavy atom. The van der Waals surface area contributed by atoms with Gasteiger partial charge >= 0.3 is 0 Å². The van der Waals surface area contributed by atoms with E-state index in [-0.39, 0.29) is 5.60 Å². The average Bonchev–Trinajstić information content (AvgIpc) is 2.49. The zero-order chi connectivity index (χ0) is 13.4. The van der Waals surface area contributed by atoms with Gasteiger partial charge in [-0.05, 0) is 69.8 Å². The van der Waals surface area contributed by atoms with Crippen molar-refractivity contribution >= 4 is 0 Å². The normalized spacial score (nSPS) is 28.2. The van der Waals surface area contributed by atoms with Crippen LogP contribution in [0.2, 0.25) is 0 Å². The monoisotopic (exact) mass is 266 g/mol. The Morgan fingerprint density at radius 1 is 1.16 bits per heavy atom. The predicted octanol–water partition coefficient (Wildman–Crippen LogP) is 4.98. The zero-order valence-corrected chi connectivity index (χ0v) is 12.6. The summed E-state index contributed by atoms with van der Waals surface area (Å²) in [7, 11) is 0. The predicted molar refractivity (Wildman–Crippen MR) is 79.2 cm³/mol. The van der Waals surface area contributed by atoms with Crippen LogP contribution < -0.4 is 0 Å². The highest BCUT2D eigenvalue weighted by Crippen LogP contribution is 2.32. The molecule has 19 heavy (non-hydrogen) atoms. The van der Waals surface area contributed by atoms with Gasteiger partial charge in [0.2, 0.25) is 0 Å². The van der Waals surface area contributed by atoms with E-state index in [1.54, 1.807) is 0 Å². The molecule has 0 radical (unpaired) electrons. The second-order valence-corrected chi connectivity index (χ2v) is 6.15. The molecule has 0 aromatic carbocycles. The first kappa shape index (κ1) is 14.9. The largest absolute Gasteiger partial charge is 0.501 e. The van der Waals surface area contributed by atoms with E-state index in [0.29, 0.717) is 0 Å². The fourth-order valence-electron chi connectivity index (χ4n) is 3.34. The first-order valence-electron chi connectivity index (χ1n) is 8.28. The average molecular weight is 266 g/mol. The Kier molecular flexibility index (Phi) is 6.22. The molecule has 1 unspecified atom stereocenters. The fourth-order valence-corrected chi connectivity index (χ4v) is 3.34. The van der Waals surface area contributed by atoms with E-state index in [1.165, 1.54) is 56.9 Å². The highest BCUT2D eigenvalue weighted by Gasteiger charge is 2.30. The molecule has 0 spiro atoms. The zero-order valence-electron chi connectivity index (χ0n) is 12.6. The fraction of sp³-hybridized carbons (Fsp3) is 0.882. The molecule has 1 aliphatic heterocycles. The van der Waals surface area contributed by atoms with Crippen LogP contribution in [-0.4, -0.2) is 18.8 Å². The molecule has 1 atom stereocenters. The van der Waals surface area contributed by atoms with Gasteiger partial charge in [-0.15, -0.1) is 0 Å². The Balaban J connectivity index is 1.62. The molecule has 0 N–H and O–H groups in total. The smallest absolute Gasteiger partial charge is 0.0874 e. The van der Waals surface area contributed by atoms with Crippen molar-refractivity contribution in [3.05, 3.63) is 11.8 Å². The van der Waals surface area contributed by atoms with Crippen LogP contribution >= 0.6 is 0 Å². The molecule has 0 aromatic heterocycles. The highest BCUT2D eigenvalue weighted by molar-refractivity contribution is 5.00. The van der Waals surface area contributed by atoms with Gasteiger partial charge in [0.05, 0.1) is 18.5 Å². The first-order valence-corrected chi connectivity index (χ1v) is 8.28. The summed E-state index contributed by atoms with van der Waals surface area (Å²) in [5.41, 5.74) is 1.69. The molecular weight excluding hydrogens is 236 g/mol. The van der Waals surface area contributed by atoms with Crippen LogP contribution in [0.3, 0.4) is 0 Å². The Labute approximate surface area is 118 Å². The van der Waals surface area contributed by atoms with Crippen molar-refractivity contribution in [2.75, 3.05) is 13.2 Å². The SMILES string of the molecule is CCC1(CCCOC=C2CCCCC2)CCCCO1. The van der Waals surface area contributed by atoms with Crippen LogP contribution in [0.1, 0.15) is 77.6 Å². The van der Waals surface area contributed by atoms with Crippen molar-refractivity contribution in [3.63, 3.8) is 0 Å². The number of rotatable bonds is 6. The molecule has 1 saturated carbocycles. The van der Waals surface area contributed by atoms with Crippen molar-refractivity contribution < 1.29 is 9.47 Å². The van der Waals surface area contributed by atoms with Gasteiger partial charge in [0, 0.05) is 6.61 Å². The lowest BCUT2D eigenvalue weighted by molar-refractivity contribution is -0.0884. The summed E-state index contributed by atoms with van der Waals surface area (Å²) in [5, 5.41) is 0. The van der Waals surface area contributed by atoms with E-state index < -0.39 is 0 Å². The second-order valence-electron chi connectivity index (χ2n) is 6.15. The number of hydrogen-bond acceptors (Lipinski definition) is 2. The van der Waals surface area contributed by atoms with Crippen LogP contribution in [0.15, 0.2) is 11.8 Å². The number of ether oxygens (including phenoxy) is 2. The van der Waals surface area contributed by atoms with E-state index in [9.17, 15) is 0 Å². The van der Waals surface area contributed by atoms with Gasteiger partial charge in [0.1, 0.15) is 0 Å². The standard InChI is InChI=1S/C17H30O2/c1-2-17(11-6-7-14-19-17)12-8-13-18-15-16-9-4-3-5-10-16/h15H,2-14H2,1H3. The van der Waals surface area contributed by atoms with Gasteiger partial charge in [-0.2, -0.15) is 0 Å². The maximum absolute atomic E-state index is 6.04. The molecule has 2 nitrogen and oxygen atoms in total. The lowest BCUT2D eigenvalue weighted by Gasteiger charge is -2.36. The molecule has 1 saturated heterocycles. The third-order valence-electron chi connectivity index (χ3n) is 4.72. The third-order valence-corrected chi connectivity index (χ3v) is 4.72. The van der Waals surface area contributed by atoms with Crippen molar-refractivity contribution in [1.29, 1.82) is 0 Å². The first-order chi connectivity index (χ1) is 9.35. The topological polar surface area (TPSA) is 18.5 Å². The van der Waals surface area contributed by atoms with E-state index in [4.69, 9.17) is 9.47 Å². The summed E-state index contributed by atoms with van der Waals surface area (Å²) in [6.07, 6.45) is 15.9. The minimum atomic E-state index is 0.166. The van der Waals surface area contributed by atoms with E-state index in [0.717, 1.165) is 32.5 Å². The lowest BCUT2D eigenvalue weighted by atomic mass is 9.87. The number of hydrogen-bond donors (Lipinski definition) is 0. The summed E-state index contributed by atoms with van der Waals surface area (Å²) in [6, 6.07) is 0. The molecule has 1 aliphatic carbocycles. The lowest BCUT2D eigenvalue weighted by Crippen LogP contribution is -2.35. The minimum Gasteiger partial charge on any atom is -0.501 e. The summed E-state index contributed by atoms with van der Waals surface area (Å²) < 4.78 is 11.8. The summed E-state index contributed by atoms with van der Waals surface area (Å²) in [4.78, 5) is 0. The Bertz CT molecular complexity index is 269. The van der Waals surface area contributed by atoms with Gasteiger partial charge in [-0.1, -0.05) is 13.3 Å². The van der Waals surface area contributed by atoms with E-state index in [1.807, 2.05) is 6.26 Å². The maximum Gasteiger partial charge on any atom is 0.0874 e. The van der Waals surface area contributed by atoms with Gasteiger partial charge in [-0.25, -0.2) is 0 Å². The van der Waals surface area contributed by atoms with Gasteiger partial charge in [0.25, 0.3) is 0 Å². The summed E-state index contributed by atoms with van der Waals surface area (Å²) in [6.45, 7) is 4.07. The van der Waals surface area contributed by atoms with Gasteiger partial charge in [0.15, 0.2) is 0 Å². The molecule has 2 heteroatoms. The molecule has 2 rings (SSSR count). The molecule has 0 amide bonds. The molecule has 2 fully saturated rings. The minimum absolute atomic E-state index is 0.166. The van der Waals surface area contributed by atoms with Crippen molar-refractivity contribution in [2.24, 2.45) is 0 Å². The molecule has 0 aromatic rings. The van der Waals surface area contributed by atoms with Gasteiger partial charge < -0.3 is 9.47 Å². The molecule has 1 heterocycles. The summed E-state index contributed by atoms with van der Waals surface area (Å²) in [5.74, 6) is 0. The molecular formula is C17H30O2. The molecule has 110 valence electrons. The number of allylic oxidation sites excluding steroid dienone is 1.